The summed E-state index contributed by atoms with van der Waals surface area (Å²) in [7, 11) is 1.35. The highest BCUT2D eigenvalue weighted by Gasteiger charge is 2.19. The Labute approximate surface area is 123 Å². The van der Waals surface area contributed by atoms with Gasteiger partial charge in [0.2, 0.25) is 0 Å². The molecule has 2 rings (SSSR count). The molecule has 0 aromatic heterocycles. The number of carbonyl (C=O) groups is 1. The number of rotatable bonds is 5. The van der Waals surface area contributed by atoms with Gasteiger partial charge in [0.15, 0.2) is 0 Å². The maximum atomic E-state index is 13.4. The molecule has 0 bridgehead atoms. The highest BCUT2D eigenvalue weighted by atomic mass is 19.1. The van der Waals surface area contributed by atoms with E-state index in [1.54, 1.807) is 13.0 Å². The van der Waals surface area contributed by atoms with Crippen LogP contribution in [0.5, 0.6) is 0 Å². The van der Waals surface area contributed by atoms with Gasteiger partial charge in [-0.1, -0.05) is 30.3 Å². The topological polar surface area (TPSA) is 38.3 Å². The molecule has 0 aliphatic carbocycles. The van der Waals surface area contributed by atoms with E-state index in [1.807, 2.05) is 30.3 Å². The average Bonchev–Trinajstić information content (AvgIpc) is 2.46. The second-order valence-corrected chi connectivity index (χ2v) is 4.93. The zero-order chi connectivity index (χ0) is 15.2. The van der Waals surface area contributed by atoms with Crippen LogP contribution in [0.3, 0.4) is 0 Å². The standard InChI is InChI=1S/C17H18FNO2/c1-12-8-14(18)11-15(9-12)19-16(17(20)21-2)10-13-6-4-3-5-7-13/h3-9,11,16,19H,10H2,1-2H3. The smallest absolute Gasteiger partial charge is 0.328 e. The van der Waals surface area contributed by atoms with Crippen molar-refractivity contribution in [3.05, 3.63) is 65.5 Å². The number of anilines is 1. The van der Waals surface area contributed by atoms with E-state index < -0.39 is 6.04 Å². The summed E-state index contributed by atoms with van der Waals surface area (Å²) < 4.78 is 18.3. The second-order valence-electron chi connectivity index (χ2n) is 4.93. The molecule has 0 spiro atoms. The van der Waals surface area contributed by atoms with Crippen molar-refractivity contribution >= 4 is 11.7 Å². The summed E-state index contributed by atoms with van der Waals surface area (Å²) in [6.07, 6.45) is 0.475. The highest BCUT2D eigenvalue weighted by molar-refractivity contribution is 5.79. The fourth-order valence-corrected chi connectivity index (χ4v) is 2.21. The van der Waals surface area contributed by atoms with Crippen molar-refractivity contribution in [2.45, 2.75) is 19.4 Å². The first-order valence-corrected chi connectivity index (χ1v) is 6.74. The van der Waals surface area contributed by atoms with Gasteiger partial charge >= 0.3 is 5.97 Å². The van der Waals surface area contributed by atoms with Crippen LogP contribution in [0.1, 0.15) is 11.1 Å². The molecule has 1 atom stereocenters. The summed E-state index contributed by atoms with van der Waals surface area (Å²) in [4.78, 5) is 11.9. The van der Waals surface area contributed by atoms with Crippen LogP contribution in [0.4, 0.5) is 10.1 Å². The Morgan fingerprint density at radius 2 is 1.95 bits per heavy atom. The predicted octanol–water partition coefficient (Wildman–Crippen LogP) is 3.33. The van der Waals surface area contributed by atoms with Crippen molar-refractivity contribution in [1.29, 1.82) is 0 Å². The van der Waals surface area contributed by atoms with Crippen LogP contribution in [0, 0.1) is 12.7 Å². The number of methoxy groups -OCH3 is 1. The highest BCUT2D eigenvalue weighted by Crippen LogP contribution is 2.16. The maximum absolute atomic E-state index is 13.4. The summed E-state index contributed by atoms with van der Waals surface area (Å²) >= 11 is 0. The van der Waals surface area contributed by atoms with Crippen LogP contribution in [-0.4, -0.2) is 19.1 Å². The molecule has 110 valence electrons. The lowest BCUT2D eigenvalue weighted by atomic mass is 10.1. The monoisotopic (exact) mass is 287 g/mol. The molecule has 4 heteroatoms. The number of aryl methyl sites for hydroxylation is 1. The minimum Gasteiger partial charge on any atom is -0.467 e. The molecule has 1 N–H and O–H groups in total. The summed E-state index contributed by atoms with van der Waals surface area (Å²) in [6.45, 7) is 1.80. The Morgan fingerprint density at radius 3 is 2.57 bits per heavy atom. The lowest BCUT2D eigenvalue weighted by Crippen LogP contribution is -2.32. The van der Waals surface area contributed by atoms with Gasteiger partial charge in [0, 0.05) is 12.1 Å². The van der Waals surface area contributed by atoms with Crippen molar-refractivity contribution in [3.63, 3.8) is 0 Å². The third-order valence-electron chi connectivity index (χ3n) is 3.15. The molecule has 0 saturated heterocycles. The molecule has 2 aromatic rings. The fourth-order valence-electron chi connectivity index (χ4n) is 2.21. The first-order valence-electron chi connectivity index (χ1n) is 6.74. The number of carbonyl (C=O) groups excluding carboxylic acids is 1. The predicted molar refractivity (Wildman–Crippen MR) is 80.7 cm³/mol. The first-order chi connectivity index (χ1) is 10.1. The molecule has 0 fully saturated rings. The Morgan fingerprint density at radius 1 is 1.24 bits per heavy atom. The van der Waals surface area contributed by atoms with Gasteiger partial charge in [-0.05, 0) is 36.2 Å². The van der Waals surface area contributed by atoms with Gasteiger partial charge in [0.1, 0.15) is 11.9 Å². The molecular formula is C17H18FNO2. The number of benzene rings is 2. The average molecular weight is 287 g/mol. The Kier molecular flexibility index (Phi) is 4.93. The summed E-state index contributed by atoms with van der Waals surface area (Å²) in [5.41, 5.74) is 2.37. The maximum Gasteiger partial charge on any atom is 0.328 e. The number of hydrogen-bond donors (Lipinski definition) is 1. The van der Waals surface area contributed by atoms with Gasteiger partial charge in [-0.3, -0.25) is 0 Å². The van der Waals surface area contributed by atoms with Gasteiger partial charge in [0.05, 0.1) is 7.11 Å². The van der Waals surface area contributed by atoms with Crippen molar-refractivity contribution in [2.75, 3.05) is 12.4 Å². The molecule has 3 nitrogen and oxygen atoms in total. The zero-order valence-electron chi connectivity index (χ0n) is 12.1. The summed E-state index contributed by atoms with van der Waals surface area (Å²) in [6, 6.07) is 13.7. The largest absolute Gasteiger partial charge is 0.467 e. The minimum atomic E-state index is -0.557. The van der Waals surface area contributed by atoms with Crippen molar-refractivity contribution in [1.82, 2.24) is 0 Å². The third-order valence-corrected chi connectivity index (χ3v) is 3.15. The van der Waals surface area contributed by atoms with Crippen molar-refractivity contribution < 1.29 is 13.9 Å². The summed E-state index contributed by atoms with van der Waals surface area (Å²) in [5.74, 6) is -0.707. The lowest BCUT2D eigenvalue weighted by Gasteiger charge is -2.18. The molecule has 2 aromatic carbocycles. The molecule has 1 unspecified atom stereocenters. The van der Waals surface area contributed by atoms with Crippen LogP contribution in [-0.2, 0) is 16.0 Å². The van der Waals surface area contributed by atoms with Crippen molar-refractivity contribution in [3.8, 4) is 0 Å². The number of nitrogens with one attached hydrogen (secondary N) is 1. The van der Waals surface area contributed by atoms with Gasteiger partial charge in [-0.2, -0.15) is 0 Å². The van der Waals surface area contributed by atoms with E-state index in [2.05, 4.69) is 5.32 Å². The van der Waals surface area contributed by atoms with Gasteiger partial charge in [-0.15, -0.1) is 0 Å². The van der Waals surface area contributed by atoms with Crippen LogP contribution in [0.15, 0.2) is 48.5 Å². The van der Waals surface area contributed by atoms with E-state index >= 15 is 0 Å². The second kappa shape index (κ2) is 6.88. The lowest BCUT2D eigenvalue weighted by molar-refractivity contribution is -0.141. The summed E-state index contributed by atoms with van der Waals surface area (Å²) in [5, 5.41) is 3.05. The quantitative estimate of drug-likeness (QED) is 0.857. The van der Waals surface area contributed by atoms with Crippen LogP contribution < -0.4 is 5.32 Å². The van der Waals surface area contributed by atoms with Crippen LogP contribution >= 0.6 is 0 Å². The number of ether oxygens (including phenoxy) is 1. The van der Waals surface area contributed by atoms with Crippen molar-refractivity contribution in [2.24, 2.45) is 0 Å². The zero-order valence-corrected chi connectivity index (χ0v) is 12.1. The molecular weight excluding hydrogens is 269 g/mol. The van der Waals surface area contributed by atoms with E-state index in [9.17, 15) is 9.18 Å². The van der Waals surface area contributed by atoms with E-state index in [0.717, 1.165) is 11.1 Å². The molecule has 0 aliphatic rings. The third kappa shape index (κ3) is 4.31. The molecule has 0 amide bonds. The van der Waals surface area contributed by atoms with E-state index in [4.69, 9.17) is 4.74 Å². The van der Waals surface area contributed by atoms with Gasteiger partial charge < -0.3 is 10.1 Å². The SMILES string of the molecule is COC(=O)C(Cc1ccccc1)Nc1cc(C)cc(F)c1. The molecule has 0 radical (unpaired) electrons. The normalized spacial score (nSPS) is 11.8. The molecule has 0 saturated carbocycles. The number of hydrogen-bond acceptors (Lipinski definition) is 3. The van der Waals surface area contributed by atoms with Crippen LogP contribution in [0.2, 0.25) is 0 Å². The van der Waals surface area contributed by atoms with E-state index in [-0.39, 0.29) is 11.8 Å². The molecule has 0 heterocycles. The Hall–Kier alpha value is -2.36. The van der Waals surface area contributed by atoms with Crippen LogP contribution in [0.25, 0.3) is 0 Å². The molecule has 21 heavy (non-hydrogen) atoms. The molecule has 0 aliphatic heterocycles. The Balaban J connectivity index is 2.18. The first kappa shape index (κ1) is 15.0. The van der Waals surface area contributed by atoms with E-state index in [1.165, 1.54) is 19.2 Å². The number of halogens is 1. The fraction of sp³-hybridized carbons (Fsp3) is 0.235. The minimum absolute atomic E-state index is 0.333. The van der Waals surface area contributed by atoms with Gasteiger partial charge in [-0.25, -0.2) is 9.18 Å². The Bertz CT molecular complexity index is 593. The van der Waals surface area contributed by atoms with E-state index in [0.29, 0.717) is 12.1 Å². The van der Waals surface area contributed by atoms with Gasteiger partial charge in [0.25, 0.3) is 0 Å². The number of esters is 1.